The summed E-state index contributed by atoms with van der Waals surface area (Å²) in [6, 6.07) is 7.06. The predicted octanol–water partition coefficient (Wildman–Crippen LogP) is 2.49. The number of benzene rings is 1. The number of aryl methyl sites for hydroxylation is 1. The first-order chi connectivity index (χ1) is 10.8. The van der Waals surface area contributed by atoms with Crippen LogP contribution in [0.5, 0.6) is 0 Å². The molecule has 2 heterocycles. The molecule has 0 aliphatic carbocycles. The zero-order valence-corrected chi connectivity index (χ0v) is 12.8. The molecule has 1 aliphatic heterocycles. The number of morpholine rings is 1. The van der Waals surface area contributed by atoms with E-state index in [1.54, 1.807) is 12.3 Å². The van der Waals surface area contributed by atoms with E-state index < -0.39 is 0 Å². The third-order valence-corrected chi connectivity index (χ3v) is 3.84. The Hall–Kier alpha value is -2.08. The molecule has 2 aromatic rings. The largest absolute Gasteiger partial charge is 0.379 e. The van der Waals surface area contributed by atoms with Crippen LogP contribution in [0.4, 0.5) is 15.8 Å². The summed E-state index contributed by atoms with van der Waals surface area (Å²) in [7, 11) is 0. The Labute approximate surface area is 129 Å². The van der Waals surface area contributed by atoms with Crippen LogP contribution in [-0.4, -0.2) is 36.1 Å². The lowest BCUT2D eigenvalue weighted by atomic mass is 10.2. The predicted molar refractivity (Wildman–Crippen MR) is 84.7 cm³/mol. The van der Waals surface area contributed by atoms with E-state index in [4.69, 9.17) is 4.74 Å². The van der Waals surface area contributed by atoms with Gasteiger partial charge in [-0.05, 0) is 31.2 Å². The fraction of sp³-hybridized carbons (Fsp3) is 0.438. The fourth-order valence-corrected chi connectivity index (χ4v) is 2.67. The second-order valence-electron chi connectivity index (χ2n) is 5.29. The van der Waals surface area contributed by atoms with Crippen LogP contribution in [0.1, 0.15) is 12.6 Å². The maximum absolute atomic E-state index is 13.9. The Balaban J connectivity index is 1.72. The van der Waals surface area contributed by atoms with Crippen molar-refractivity contribution in [3.8, 4) is 0 Å². The van der Waals surface area contributed by atoms with Crippen molar-refractivity contribution in [2.45, 2.75) is 20.0 Å². The molecule has 0 saturated carbocycles. The Kier molecular flexibility index (Phi) is 4.58. The molecule has 1 aromatic carbocycles. The average molecular weight is 304 g/mol. The lowest BCUT2D eigenvalue weighted by molar-refractivity contribution is 0.122. The smallest absolute Gasteiger partial charge is 0.127 e. The Morgan fingerprint density at radius 1 is 1.27 bits per heavy atom. The highest BCUT2D eigenvalue weighted by Gasteiger charge is 2.13. The SMILES string of the molecule is CCn1nccc1CNc1cc(F)cc(N2CCOCC2)c1. The second kappa shape index (κ2) is 6.79. The zero-order chi connectivity index (χ0) is 15.4. The number of hydrogen-bond acceptors (Lipinski definition) is 4. The van der Waals surface area contributed by atoms with Gasteiger partial charge in [-0.1, -0.05) is 0 Å². The van der Waals surface area contributed by atoms with E-state index >= 15 is 0 Å². The minimum atomic E-state index is -0.226. The molecule has 0 amide bonds. The molecular formula is C16H21FN4O. The van der Waals surface area contributed by atoms with Gasteiger partial charge in [-0.15, -0.1) is 0 Å². The summed E-state index contributed by atoms with van der Waals surface area (Å²) in [5.74, 6) is -0.226. The van der Waals surface area contributed by atoms with E-state index in [-0.39, 0.29) is 5.82 Å². The van der Waals surface area contributed by atoms with Crippen LogP contribution >= 0.6 is 0 Å². The number of rotatable bonds is 5. The summed E-state index contributed by atoms with van der Waals surface area (Å²) in [5, 5.41) is 7.52. The lowest BCUT2D eigenvalue weighted by Crippen LogP contribution is -2.36. The van der Waals surface area contributed by atoms with Gasteiger partial charge in [-0.25, -0.2) is 4.39 Å². The Morgan fingerprint density at radius 3 is 2.86 bits per heavy atom. The van der Waals surface area contributed by atoms with Crippen LogP contribution < -0.4 is 10.2 Å². The molecule has 1 saturated heterocycles. The van der Waals surface area contributed by atoms with Gasteiger partial charge in [0.05, 0.1) is 25.5 Å². The lowest BCUT2D eigenvalue weighted by Gasteiger charge is -2.29. The van der Waals surface area contributed by atoms with Crippen molar-refractivity contribution in [1.29, 1.82) is 0 Å². The van der Waals surface area contributed by atoms with E-state index in [0.717, 1.165) is 36.7 Å². The van der Waals surface area contributed by atoms with Gasteiger partial charge in [-0.2, -0.15) is 5.10 Å². The molecule has 1 fully saturated rings. The molecule has 0 atom stereocenters. The molecule has 5 nitrogen and oxygen atoms in total. The van der Waals surface area contributed by atoms with E-state index in [9.17, 15) is 4.39 Å². The molecule has 22 heavy (non-hydrogen) atoms. The number of aromatic nitrogens is 2. The average Bonchev–Trinajstić information content (AvgIpc) is 3.01. The first-order valence-electron chi connectivity index (χ1n) is 7.64. The maximum atomic E-state index is 13.9. The van der Waals surface area contributed by atoms with Crippen LogP contribution in [0.2, 0.25) is 0 Å². The summed E-state index contributed by atoms with van der Waals surface area (Å²) in [5.41, 5.74) is 2.76. The van der Waals surface area contributed by atoms with Gasteiger partial charge in [0.2, 0.25) is 0 Å². The highest BCUT2D eigenvalue weighted by molar-refractivity contribution is 5.58. The number of halogens is 1. The monoisotopic (exact) mass is 304 g/mol. The number of nitrogens with one attached hydrogen (secondary N) is 1. The second-order valence-corrected chi connectivity index (χ2v) is 5.29. The van der Waals surface area contributed by atoms with Crippen LogP contribution in [-0.2, 0) is 17.8 Å². The normalized spacial score (nSPS) is 15.1. The van der Waals surface area contributed by atoms with Crippen LogP contribution in [0.3, 0.4) is 0 Å². The first-order valence-corrected chi connectivity index (χ1v) is 7.64. The maximum Gasteiger partial charge on any atom is 0.127 e. The summed E-state index contributed by atoms with van der Waals surface area (Å²) in [4.78, 5) is 2.15. The minimum Gasteiger partial charge on any atom is -0.379 e. The van der Waals surface area contributed by atoms with Gasteiger partial charge in [0.25, 0.3) is 0 Å². The Bertz CT molecular complexity index is 622. The molecule has 6 heteroatoms. The van der Waals surface area contributed by atoms with Crippen molar-refractivity contribution in [1.82, 2.24) is 9.78 Å². The third-order valence-electron chi connectivity index (χ3n) is 3.84. The molecule has 0 spiro atoms. The molecule has 118 valence electrons. The standard InChI is InChI=1S/C16H21FN4O/c1-2-21-15(3-4-19-21)12-18-14-9-13(17)10-16(11-14)20-5-7-22-8-6-20/h3-4,9-11,18H,2,5-8,12H2,1H3. The van der Waals surface area contributed by atoms with Gasteiger partial charge in [0.1, 0.15) is 5.82 Å². The van der Waals surface area contributed by atoms with Crippen molar-refractivity contribution in [3.63, 3.8) is 0 Å². The molecule has 1 aromatic heterocycles. The van der Waals surface area contributed by atoms with Crippen LogP contribution in [0.15, 0.2) is 30.5 Å². The van der Waals surface area contributed by atoms with Crippen molar-refractivity contribution >= 4 is 11.4 Å². The number of anilines is 2. The van der Waals surface area contributed by atoms with Gasteiger partial charge in [-0.3, -0.25) is 4.68 Å². The molecule has 1 aliphatic rings. The highest BCUT2D eigenvalue weighted by atomic mass is 19.1. The quantitative estimate of drug-likeness (QED) is 0.921. The van der Waals surface area contributed by atoms with Crippen LogP contribution in [0, 0.1) is 5.82 Å². The summed E-state index contributed by atoms with van der Waals surface area (Å²) in [6.07, 6.45) is 1.78. The fourth-order valence-electron chi connectivity index (χ4n) is 2.67. The molecule has 0 unspecified atom stereocenters. The topological polar surface area (TPSA) is 42.3 Å². The van der Waals surface area contributed by atoms with E-state index in [1.165, 1.54) is 6.07 Å². The highest BCUT2D eigenvalue weighted by Crippen LogP contribution is 2.23. The van der Waals surface area contributed by atoms with Gasteiger partial charge >= 0.3 is 0 Å². The molecule has 3 rings (SSSR count). The van der Waals surface area contributed by atoms with E-state index in [0.29, 0.717) is 19.8 Å². The van der Waals surface area contributed by atoms with Crippen molar-refractivity contribution in [2.24, 2.45) is 0 Å². The molecule has 0 bridgehead atoms. The van der Waals surface area contributed by atoms with Gasteiger partial charge in [0.15, 0.2) is 0 Å². The number of nitrogens with zero attached hydrogens (tertiary/aromatic N) is 3. The molecular weight excluding hydrogens is 283 g/mol. The summed E-state index contributed by atoms with van der Waals surface area (Å²) in [6.45, 7) is 6.47. The van der Waals surface area contributed by atoms with Crippen LogP contribution in [0.25, 0.3) is 0 Å². The van der Waals surface area contributed by atoms with Crippen molar-refractivity contribution < 1.29 is 9.13 Å². The summed E-state index contributed by atoms with van der Waals surface area (Å²) >= 11 is 0. The number of hydrogen-bond donors (Lipinski definition) is 1. The van der Waals surface area contributed by atoms with E-state index in [1.807, 2.05) is 16.8 Å². The summed E-state index contributed by atoms with van der Waals surface area (Å²) < 4.78 is 21.1. The third kappa shape index (κ3) is 3.39. The van der Waals surface area contributed by atoms with Crippen molar-refractivity contribution in [3.05, 3.63) is 42.0 Å². The first kappa shape index (κ1) is 14.8. The number of ether oxygens (including phenoxy) is 1. The molecule has 0 radical (unpaired) electrons. The molecule has 1 N–H and O–H groups in total. The van der Waals surface area contributed by atoms with Gasteiger partial charge in [0, 0.05) is 37.2 Å². The Morgan fingerprint density at radius 2 is 2.09 bits per heavy atom. The van der Waals surface area contributed by atoms with E-state index in [2.05, 4.69) is 22.2 Å². The minimum absolute atomic E-state index is 0.226. The van der Waals surface area contributed by atoms with Crippen molar-refractivity contribution in [2.75, 3.05) is 36.5 Å². The zero-order valence-electron chi connectivity index (χ0n) is 12.8. The van der Waals surface area contributed by atoms with Gasteiger partial charge < -0.3 is 15.0 Å².